The Hall–Kier alpha value is -3.49. The second-order valence-corrected chi connectivity index (χ2v) is 13.4. The topological polar surface area (TPSA) is 345 Å². The van der Waals surface area contributed by atoms with Gasteiger partial charge in [0.15, 0.2) is 36.3 Å². The van der Waals surface area contributed by atoms with Crippen LogP contribution < -0.4 is 9.47 Å². The number of benzene rings is 2. The predicted molar refractivity (Wildman–Crippen MR) is 170 cm³/mol. The molecule has 17 unspecified atom stereocenters. The Bertz CT molecular complexity index is 1640. The minimum Gasteiger partial charge on any atom is -0.508 e. The van der Waals surface area contributed by atoms with E-state index in [2.05, 4.69) is 0 Å². The van der Waals surface area contributed by atoms with Gasteiger partial charge in [-0.1, -0.05) is 6.07 Å². The van der Waals surface area contributed by atoms with Crippen LogP contribution in [0.15, 0.2) is 30.3 Å². The van der Waals surface area contributed by atoms with Gasteiger partial charge in [-0.3, -0.25) is 4.79 Å². The van der Waals surface area contributed by atoms with Crippen LogP contribution in [-0.2, 0) is 23.7 Å². The van der Waals surface area contributed by atoms with Crippen LogP contribution in [0.4, 0.5) is 0 Å². The summed E-state index contributed by atoms with van der Waals surface area (Å²) in [6.07, 6.45) is -28.3. The lowest BCUT2D eigenvalue weighted by molar-refractivity contribution is -0.333. The maximum absolute atomic E-state index is 14.0. The molecule has 3 fully saturated rings. The standard InChI is InChI=1S/C33H42O21/c1-9-19(38)23(42)26(45)31(49-9)48-8-17-21(40)25(44)28(47)33(53-17)54-30-22(41)18-13(37)5-11(35)6-15(18)50-29(30)10-2-3-14(12(36)4-10)51-32-27(46)24(43)20(39)16(7-34)52-32/h2-6,9,16-17,19-21,23-40,42-47H,7-8H2,1H3. The highest BCUT2D eigenvalue weighted by Crippen LogP contribution is 2.45. The number of aliphatic hydroxyl groups excluding tert-OH is 10. The van der Waals surface area contributed by atoms with Crippen molar-refractivity contribution in [3.63, 3.8) is 0 Å². The number of Topliss-reactive ketones (excluding diaryl/α,β-unsaturated/α-hetero) is 1. The molecular weight excluding hydrogens is 732 g/mol. The van der Waals surface area contributed by atoms with E-state index in [0.29, 0.717) is 0 Å². The number of ether oxygens (including phenoxy) is 7. The van der Waals surface area contributed by atoms with Crippen molar-refractivity contribution in [3.8, 4) is 28.7 Å². The summed E-state index contributed by atoms with van der Waals surface area (Å²) in [6, 6.07) is 5.31. The van der Waals surface area contributed by atoms with Crippen LogP contribution in [0.3, 0.4) is 0 Å². The van der Waals surface area contributed by atoms with Crippen molar-refractivity contribution < 1.29 is 104 Å². The summed E-state index contributed by atoms with van der Waals surface area (Å²) in [4.78, 5) is 14.0. The Morgan fingerprint density at radius 1 is 0.667 bits per heavy atom. The van der Waals surface area contributed by atoms with Crippen molar-refractivity contribution in [1.82, 2.24) is 0 Å². The molecule has 3 saturated heterocycles. The van der Waals surface area contributed by atoms with Crippen LogP contribution in [0.5, 0.6) is 28.7 Å². The van der Waals surface area contributed by atoms with Crippen LogP contribution in [0, 0.1) is 0 Å². The van der Waals surface area contributed by atoms with E-state index in [-0.39, 0.29) is 17.1 Å². The molecule has 13 N–H and O–H groups in total. The highest BCUT2D eigenvalue weighted by atomic mass is 16.7. The normalized spacial score (nSPS) is 41.2. The van der Waals surface area contributed by atoms with E-state index < -0.39 is 146 Å². The number of aliphatic hydroxyl groups is 10. The lowest BCUT2D eigenvalue weighted by atomic mass is 9.92. The van der Waals surface area contributed by atoms with Gasteiger partial charge in [-0.05, 0) is 24.6 Å². The van der Waals surface area contributed by atoms with Crippen LogP contribution in [0.25, 0.3) is 0 Å². The zero-order valence-corrected chi connectivity index (χ0v) is 28.2. The van der Waals surface area contributed by atoms with Gasteiger partial charge in [-0.15, -0.1) is 0 Å². The monoisotopic (exact) mass is 774 g/mol. The highest BCUT2D eigenvalue weighted by molar-refractivity contribution is 6.05. The van der Waals surface area contributed by atoms with Gasteiger partial charge in [0.2, 0.25) is 12.1 Å². The number of ketones is 1. The van der Waals surface area contributed by atoms with Gasteiger partial charge in [-0.25, -0.2) is 0 Å². The van der Waals surface area contributed by atoms with Crippen molar-refractivity contribution in [2.45, 2.75) is 111 Å². The van der Waals surface area contributed by atoms with Gasteiger partial charge in [0.05, 0.1) is 19.3 Å². The molecular formula is C33H42O21. The predicted octanol–water partition coefficient (Wildman–Crippen LogP) is -4.66. The fraction of sp³-hybridized carbons (Fsp3) is 0.606. The van der Waals surface area contributed by atoms with E-state index in [1.54, 1.807) is 0 Å². The maximum Gasteiger partial charge on any atom is 0.229 e. The number of fused-ring (bicyclic) bond motifs is 1. The van der Waals surface area contributed by atoms with Crippen LogP contribution in [-0.4, -0.2) is 184 Å². The van der Waals surface area contributed by atoms with Gasteiger partial charge in [0.1, 0.15) is 90.0 Å². The Balaban J connectivity index is 1.25. The molecule has 54 heavy (non-hydrogen) atoms. The molecule has 21 heteroatoms. The van der Waals surface area contributed by atoms with Crippen molar-refractivity contribution in [2.24, 2.45) is 0 Å². The average Bonchev–Trinajstić information content (AvgIpc) is 3.13. The smallest absolute Gasteiger partial charge is 0.229 e. The zero-order chi connectivity index (χ0) is 39.3. The molecule has 2 aromatic rings. The quantitative estimate of drug-likeness (QED) is 0.114. The summed E-state index contributed by atoms with van der Waals surface area (Å²) in [7, 11) is 0. The third-order valence-corrected chi connectivity index (χ3v) is 9.69. The van der Waals surface area contributed by atoms with Crippen LogP contribution >= 0.6 is 0 Å². The molecule has 4 aliphatic heterocycles. The van der Waals surface area contributed by atoms with Gasteiger partial charge in [0.25, 0.3) is 0 Å². The largest absolute Gasteiger partial charge is 0.508 e. The second kappa shape index (κ2) is 15.9. The van der Waals surface area contributed by atoms with Crippen molar-refractivity contribution in [3.05, 3.63) is 41.5 Å². The molecule has 0 spiro atoms. The van der Waals surface area contributed by atoms with Gasteiger partial charge < -0.3 is 99.5 Å². The zero-order valence-electron chi connectivity index (χ0n) is 28.2. The molecule has 17 atom stereocenters. The van der Waals surface area contributed by atoms with Crippen molar-refractivity contribution in [2.75, 3.05) is 13.2 Å². The van der Waals surface area contributed by atoms with E-state index in [1.807, 2.05) is 0 Å². The molecule has 21 nitrogen and oxygen atoms in total. The fourth-order valence-corrected chi connectivity index (χ4v) is 6.53. The minimum absolute atomic E-state index is 0.0236. The third kappa shape index (κ3) is 7.54. The van der Waals surface area contributed by atoms with Gasteiger partial charge in [-0.2, -0.15) is 0 Å². The summed E-state index contributed by atoms with van der Waals surface area (Å²) >= 11 is 0. The minimum atomic E-state index is -2.02. The first kappa shape index (κ1) is 40.2. The SMILES string of the molecule is CC1OC(OCC2OC(OC3C(=O)c4c(O)cc(O)cc4OC3c3ccc(OC4OC(CO)C(O)C(O)C4O)c(O)c3)C(O)C(O)C2O)C(O)C(O)C1O. The van der Waals surface area contributed by atoms with Crippen LogP contribution in [0.1, 0.15) is 28.9 Å². The summed E-state index contributed by atoms with van der Waals surface area (Å²) in [5.41, 5.74) is -0.477. The number of phenols is 3. The van der Waals surface area contributed by atoms with E-state index in [1.165, 1.54) is 13.0 Å². The Kier molecular flexibility index (Phi) is 11.9. The maximum atomic E-state index is 14.0. The third-order valence-electron chi connectivity index (χ3n) is 9.69. The Morgan fingerprint density at radius 2 is 1.28 bits per heavy atom. The Morgan fingerprint density at radius 3 is 1.94 bits per heavy atom. The number of aromatic hydroxyl groups is 3. The van der Waals surface area contributed by atoms with E-state index in [4.69, 9.17) is 33.2 Å². The van der Waals surface area contributed by atoms with Gasteiger partial charge >= 0.3 is 0 Å². The first-order valence-corrected chi connectivity index (χ1v) is 16.8. The Labute approximate surface area is 304 Å². The molecule has 2 aromatic carbocycles. The number of phenolic OH excluding ortho intramolecular Hbond substituents is 3. The number of rotatable bonds is 9. The molecule has 4 heterocycles. The fourth-order valence-electron chi connectivity index (χ4n) is 6.53. The number of carbonyl (C=O) groups excluding carboxylic acids is 1. The number of carbonyl (C=O) groups is 1. The summed E-state index contributed by atoms with van der Waals surface area (Å²) in [6.45, 7) is 0.0170. The molecule has 6 rings (SSSR count). The summed E-state index contributed by atoms with van der Waals surface area (Å²) in [5.74, 6) is -3.49. The van der Waals surface area contributed by atoms with Crippen LogP contribution in [0.2, 0.25) is 0 Å². The molecule has 0 bridgehead atoms. The molecule has 0 aliphatic carbocycles. The number of hydrogen-bond acceptors (Lipinski definition) is 21. The molecule has 0 amide bonds. The lowest BCUT2D eigenvalue weighted by Gasteiger charge is -2.44. The van der Waals surface area contributed by atoms with Gasteiger partial charge in [0, 0.05) is 12.1 Å². The molecule has 300 valence electrons. The van der Waals surface area contributed by atoms with E-state index in [9.17, 15) is 71.2 Å². The number of hydrogen-bond donors (Lipinski definition) is 13. The molecule has 0 aromatic heterocycles. The van der Waals surface area contributed by atoms with Crippen molar-refractivity contribution >= 4 is 5.78 Å². The molecule has 4 aliphatic rings. The first-order chi connectivity index (χ1) is 25.5. The highest BCUT2D eigenvalue weighted by Gasteiger charge is 2.51. The van der Waals surface area contributed by atoms with Crippen molar-refractivity contribution in [1.29, 1.82) is 0 Å². The average molecular weight is 775 g/mol. The lowest BCUT2D eigenvalue weighted by Crippen LogP contribution is -2.62. The van der Waals surface area contributed by atoms with E-state index >= 15 is 0 Å². The summed E-state index contributed by atoms with van der Waals surface area (Å²) < 4.78 is 39.2. The second-order valence-electron chi connectivity index (χ2n) is 13.4. The summed E-state index contributed by atoms with van der Waals surface area (Å²) in [5, 5.41) is 134. The first-order valence-electron chi connectivity index (χ1n) is 16.8. The van der Waals surface area contributed by atoms with E-state index in [0.717, 1.165) is 24.3 Å². The molecule has 0 radical (unpaired) electrons. The molecule has 0 saturated carbocycles.